The molecule has 0 aromatic heterocycles. The Balaban J connectivity index is 1.94. The Labute approximate surface area is 79.0 Å². The van der Waals surface area contributed by atoms with Gasteiger partial charge in [0.25, 0.3) is 0 Å². The molecule has 1 aliphatic carbocycles. The molecule has 0 amide bonds. The first-order chi connectivity index (χ1) is 6.38. The van der Waals surface area contributed by atoms with E-state index in [4.69, 9.17) is 4.74 Å². The third kappa shape index (κ3) is 1.93. The summed E-state index contributed by atoms with van der Waals surface area (Å²) in [5.74, 6) is 1.17. The van der Waals surface area contributed by atoms with Gasteiger partial charge in [-0.15, -0.1) is 0 Å². The van der Waals surface area contributed by atoms with Crippen molar-refractivity contribution in [2.45, 2.75) is 38.5 Å². The second-order valence-electron chi connectivity index (χ2n) is 3.90. The Hall–Kier alpha value is -0.790. The van der Waals surface area contributed by atoms with E-state index in [1.54, 1.807) is 0 Å². The van der Waals surface area contributed by atoms with Gasteiger partial charge >= 0.3 is 0 Å². The van der Waals surface area contributed by atoms with E-state index in [9.17, 15) is 4.79 Å². The molecule has 0 saturated heterocycles. The van der Waals surface area contributed by atoms with Crippen LogP contribution in [0.1, 0.15) is 38.5 Å². The Morgan fingerprint density at radius 1 is 1.31 bits per heavy atom. The van der Waals surface area contributed by atoms with Crippen LogP contribution in [0.15, 0.2) is 11.8 Å². The molecule has 2 aliphatic rings. The average molecular weight is 180 g/mol. The highest BCUT2D eigenvalue weighted by atomic mass is 16.5. The number of Topliss-reactive ketones (excluding diaryl/α,β-unsaturated/α-hetero) is 1. The van der Waals surface area contributed by atoms with Gasteiger partial charge in [-0.3, -0.25) is 4.79 Å². The van der Waals surface area contributed by atoms with E-state index in [2.05, 4.69) is 0 Å². The molecule has 13 heavy (non-hydrogen) atoms. The van der Waals surface area contributed by atoms with Gasteiger partial charge in [-0.2, -0.15) is 0 Å². The minimum absolute atomic E-state index is 0.261. The summed E-state index contributed by atoms with van der Waals surface area (Å²) in [6.07, 6.45) is 8.71. The summed E-state index contributed by atoms with van der Waals surface area (Å²) in [5, 5.41) is 0. The highest BCUT2D eigenvalue weighted by Gasteiger charge is 2.26. The fourth-order valence-electron chi connectivity index (χ4n) is 2.16. The molecule has 72 valence electrons. The van der Waals surface area contributed by atoms with Gasteiger partial charge < -0.3 is 4.74 Å². The summed E-state index contributed by atoms with van der Waals surface area (Å²) in [7, 11) is 0. The molecule has 1 aliphatic heterocycles. The number of allylic oxidation sites excluding steroid dienone is 1. The summed E-state index contributed by atoms with van der Waals surface area (Å²) in [6.45, 7) is 0.702. The van der Waals surface area contributed by atoms with Gasteiger partial charge in [-0.25, -0.2) is 0 Å². The summed E-state index contributed by atoms with van der Waals surface area (Å²) in [6, 6.07) is 0. The van der Waals surface area contributed by atoms with Crippen LogP contribution in [0.5, 0.6) is 0 Å². The second kappa shape index (κ2) is 3.95. The highest BCUT2D eigenvalue weighted by Crippen LogP contribution is 2.27. The van der Waals surface area contributed by atoms with Crippen molar-refractivity contribution in [3.63, 3.8) is 0 Å². The number of ketones is 1. The first-order valence-electron chi connectivity index (χ1n) is 5.25. The number of carbonyl (C=O) groups is 1. The molecule has 2 heteroatoms. The van der Waals surface area contributed by atoms with Gasteiger partial charge in [-0.1, -0.05) is 19.3 Å². The molecule has 0 aromatic rings. The average Bonchev–Trinajstić information content (AvgIpc) is 2.71. The second-order valence-corrected chi connectivity index (χ2v) is 3.90. The minimum atomic E-state index is 0.261. The van der Waals surface area contributed by atoms with Crippen LogP contribution in [-0.4, -0.2) is 12.4 Å². The van der Waals surface area contributed by atoms with Crippen molar-refractivity contribution in [1.29, 1.82) is 0 Å². The molecule has 0 bridgehead atoms. The minimum Gasteiger partial charge on any atom is -0.490 e. The van der Waals surface area contributed by atoms with Crippen LogP contribution in [0, 0.1) is 5.92 Å². The molecule has 1 saturated carbocycles. The van der Waals surface area contributed by atoms with E-state index in [0.29, 0.717) is 12.4 Å². The zero-order valence-corrected chi connectivity index (χ0v) is 7.92. The van der Waals surface area contributed by atoms with Crippen LogP contribution >= 0.6 is 0 Å². The van der Waals surface area contributed by atoms with Crippen molar-refractivity contribution in [2.24, 2.45) is 5.92 Å². The Morgan fingerprint density at radius 3 is 2.69 bits per heavy atom. The van der Waals surface area contributed by atoms with Crippen LogP contribution < -0.4 is 0 Å². The number of hydrogen-bond acceptors (Lipinski definition) is 2. The Bertz CT molecular complexity index is 224. The number of hydrogen-bond donors (Lipinski definition) is 0. The van der Waals surface area contributed by atoms with Crippen LogP contribution in [0.2, 0.25) is 0 Å². The molecule has 1 heterocycles. The van der Waals surface area contributed by atoms with Crippen molar-refractivity contribution in [3.05, 3.63) is 11.8 Å². The van der Waals surface area contributed by atoms with Gasteiger partial charge in [0.1, 0.15) is 0 Å². The Kier molecular flexibility index (Phi) is 2.67. The standard InChI is InChI=1S/C11H16O2/c12-11(10-7-4-8-13-10)9-5-2-1-3-6-9/h7,9H,1-6,8H2. The monoisotopic (exact) mass is 180 g/mol. The fourth-order valence-corrected chi connectivity index (χ4v) is 2.16. The third-order valence-electron chi connectivity index (χ3n) is 2.92. The lowest BCUT2D eigenvalue weighted by molar-refractivity contribution is -0.123. The van der Waals surface area contributed by atoms with Gasteiger partial charge in [-0.05, 0) is 18.9 Å². The normalized spacial score (nSPS) is 23.8. The lowest BCUT2D eigenvalue weighted by atomic mass is 9.85. The molecule has 0 unspecified atom stereocenters. The summed E-state index contributed by atoms with van der Waals surface area (Å²) < 4.78 is 5.28. The first-order valence-corrected chi connectivity index (χ1v) is 5.25. The molecule has 2 rings (SSSR count). The number of rotatable bonds is 2. The van der Waals surface area contributed by atoms with Crippen LogP contribution in [0.4, 0.5) is 0 Å². The SMILES string of the molecule is O=C(C1=CCCO1)C1CCCCC1. The van der Waals surface area contributed by atoms with E-state index >= 15 is 0 Å². The van der Waals surface area contributed by atoms with E-state index in [1.165, 1.54) is 19.3 Å². The van der Waals surface area contributed by atoms with Crippen molar-refractivity contribution < 1.29 is 9.53 Å². The lowest BCUT2D eigenvalue weighted by Gasteiger charge is -2.20. The van der Waals surface area contributed by atoms with Crippen molar-refractivity contribution >= 4 is 5.78 Å². The fraction of sp³-hybridized carbons (Fsp3) is 0.727. The maximum atomic E-state index is 11.8. The van der Waals surface area contributed by atoms with E-state index in [-0.39, 0.29) is 11.7 Å². The topological polar surface area (TPSA) is 26.3 Å². The smallest absolute Gasteiger partial charge is 0.200 e. The zero-order valence-electron chi connectivity index (χ0n) is 7.92. The summed E-state index contributed by atoms with van der Waals surface area (Å²) in [4.78, 5) is 11.8. The molecule has 0 N–H and O–H groups in total. The van der Waals surface area contributed by atoms with Crippen LogP contribution in [0.3, 0.4) is 0 Å². The van der Waals surface area contributed by atoms with Gasteiger partial charge in [0, 0.05) is 12.3 Å². The summed E-state index contributed by atoms with van der Waals surface area (Å²) in [5.41, 5.74) is 0. The molecule has 2 nitrogen and oxygen atoms in total. The third-order valence-corrected chi connectivity index (χ3v) is 2.92. The van der Waals surface area contributed by atoms with Crippen molar-refractivity contribution in [3.8, 4) is 0 Å². The van der Waals surface area contributed by atoms with E-state index < -0.39 is 0 Å². The molecule has 0 atom stereocenters. The largest absolute Gasteiger partial charge is 0.490 e. The van der Waals surface area contributed by atoms with E-state index in [0.717, 1.165) is 19.3 Å². The molecular weight excluding hydrogens is 164 g/mol. The highest BCUT2D eigenvalue weighted by molar-refractivity contribution is 5.95. The molecule has 0 radical (unpaired) electrons. The number of ether oxygens (including phenoxy) is 1. The van der Waals surface area contributed by atoms with Crippen LogP contribution in [-0.2, 0) is 9.53 Å². The predicted octanol–water partition coefficient (Wildman–Crippen LogP) is 2.44. The van der Waals surface area contributed by atoms with Gasteiger partial charge in [0.2, 0.25) is 0 Å². The maximum Gasteiger partial charge on any atom is 0.200 e. The molecule has 0 spiro atoms. The van der Waals surface area contributed by atoms with Crippen LogP contribution in [0.25, 0.3) is 0 Å². The molecule has 1 fully saturated rings. The zero-order chi connectivity index (χ0) is 9.10. The van der Waals surface area contributed by atoms with Gasteiger partial charge in [0.05, 0.1) is 6.61 Å². The molecule has 0 aromatic carbocycles. The van der Waals surface area contributed by atoms with Gasteiger partial charge in [0.15, 0.2) is 11.5 Å². The van der Waals surface area contributed by atoms with Crippen molar-refractivity contribution in [1.82, 2.24) is 0 Å². The first kappa shape index (κ1) is 8.79. The summed E-state index contributed by atoms with van der Waals surface area (Å²) >= 11 is 0. The maximum absolute atomic E-state index is 11.8. The Morgan fingerprint density at radius 2 is 2.08 bits per heavy atom. The quantitative estimate of drug-likeness (QED) is 0.652. The number of carbonyl (C=O) groups excluding carboxylic acids is 1. The van der Waals surface area contributed by atoms with E-state index in [1.807, 2.05) is 6.08 Å². The lowest BCUT2D eigenvalue weighted by Crippen LogP contribution is -2.19. The molecular formula is C11H16O2. The van der Waals surface area contributed by atoms with Crippen molar-refractivity contribution in [2.75, 3.05) is 6.61 Å². The predicted molar refractivity (Wildman–Crippen MR) is 50.2 cm³/mol.